The molecule has 4 nitrogen and oxygen atoms in total. The van der Waals surface area contributed by atoms with Crippen LogP contribution in [0.15, 0.2) is 29.2 Å². The molecular formula is C14H16FNO3S. The predicted molar refractivity (Wildman–Crippen MR) is 74.1 cm³/mol. The highest BCUT2D eigenvalue weighted by molar-refractivity contribution is 8.00. The Labute approximate surface area is 121 Å². The van der Waals surface area contributed by atoms with Crippen molar-refractivity contribution in [2.24, 2.45) is 5.92 Å². The molecule has 1 atom stereocenters. The SMILES string of the molecule is O=C(O)C1CCCN(C(=O)CSc2ccc(F)cc2)C1. The third kappa shape index (κ3) is 3.96. The molecule has 108 valence electrons. The van der Waals surface area contributed by atoms with Crippen molar-refractivity contribution in [3.05, 3.63) is 30.1 Å². The minimum absolute atomic E-state index is 0.0646. The van der Waals surface area contributed by atoms with Crippen LogP contribution in [0, 0.1) is 11.7 Å². The summed E-state index contributed by atoms with van der Waals surface area (Å²) < 4.78 is 12.8. The number of halogens is 1. The van der Waals surface area contributed by atoms with E-state index in [-0.39, 0.29) is 24.0 Å². The van der Waals surface area contributed by atoms with Crippen LogP contribution in [0.5, 0.6) is 0 Å². The van der Waals surface area contributed by atoms with E-state index in [2.05, 4.69) is 0 Å². The Hall–Kier alpha value is -1.56. The number of carboxylic acid groups (broad SMARTS) is 1. The first-order valence-electron chi connectivity index (χ1n) is 6.45. The number of piperidine rings is 1. The number of rotatable bonds is 4. The Kier molecular flexibility index (Phi) is 5.00. The third-order valence-corrected chi connectivity index (χ3v) is 4.30. The number of likely N-dealkylation sites (tertiary alicyclic amines) is 1. The van der Waals surface area contributed by atoms with E-state index in [4.69, 9.17) is 5.11 Å². The molecule has 0 aromatic heterocycles. The Morgan fingerprint density at radius 1 is 1.35 bits per heavy atom. The maximum atomic E-state index is 12.8. The highest BCUT2D eigenvalue weighted by Crippen LogP contribution is 2.21. The summed E-state index contributed by atoms with van der Waals surface area (Å²) in [5.41, 5.74) is 0. The smallest absolute Gasteiger partial charge is 0.308 e. The fourth-order valence-corrected chi connectivity index (χ4v) is 2.97. The molecule has 20 heavy (non-hydrogen) atoms. The van der Waals surface area contributed by atoms with Crippen molar-refractivity contribution < 1.29 is 19.1 Å². The first-order chi connectivity index (χ1) is 9.56. The van der Waals surface area contributed by atoms with E-state index >= 15 is 0 Å². The zero-order valence-corrected chi connectivity index (χ0v) is 11.7. The van der Waals surface area contributed by atoms with Crippen LogP contribution in [0.25, 0.3) is 0 Å². The average molecular weight is 297 g/mol. The molecule has 1 aromatic rings. The normalized spacial score (nSPS) is 18.9. The molecule has 0 aliphatic carbocycles. The number of carbonyl (C=O) groups is 2. The second-order valence-corrected chi connectivity index (χ2v) is 5.81. The summed E-state index contributed by atoms with van der Waals surface area (Å²) in [5, 5.41) is 8.99. The Morgan fingerprint density at radius 2 is 2.05 bits per heavy atom. The van der Waals surface area contributed by atoms with Gasteiger partial charge in [-0.05, 0) is 37.1 Å². The lowest BCUT2D eigenvalue weighted by Crippen LogP contribution is -2.43. The number of aliphatic carboxylic acids is 1. The van der Waals surface area contributed by atoms with Gasteiger partial charge >= 0.3 is 5.97 Å². The quantitative estimate of drug-likeness (QED) is 0.866. The van der Waals surface area contributed by atoms with Crippen molar-refractivity contribution in [2.75, 3.05) is 18.8 Å². The van der Waals surface area contributed by atoms with Gasteiger partial charge in [0.2, 0.25) is 5.91 Å². The summed E-state index contributed by atoms with van der Waals surface area (Å²) in [6, 6.07) is 5.97. The second-order valence-electron chi connectivity index (χ2n) is 4.76. The summed E-state index contributed by atoms with van der Waals surface area (Å²) in [6.07, 6.45) is 1.36. The van der Waals surface area contributed by atoms with Crippen molar-refractivity contribution in [1.29, 1.82) is 0 Å². The van der Waals surface area contributed by atoms with Gasteiger partial charge in [0.05, 0.1) is 11.7 Å². The zero-order chi connectivity index (χ0) is 14.5. The van der Waals surface area contributed by atoms with Crippen molar-refractivity contribution in [3.8, 4) is 0 Å². The number of benzene rings is 1. The maximum absolute atomic E-state index is 12.8. The Morgan fingerprint density at radius 3 is 2.70 bits per heavy atom. The summed E-state index contributed by atoms with van der Waals surface area (Å²) in [5.74, 6) is -1.42. The number of carbonyl (C=O) groups excluding carboxylic acids is 1. The molecule has 6 heteroatoms. The molecule has 1 amide bonds. The minimum atomic E-state index is -0.839. The monoisotopic (exact) mass is 297 g/mol. The molecule has 1 heterocycles. The topological polar surface area (TPSA) is 57.6 Å². The molecule has 1 saturated heterocycles. The number of thioether (sulfide) groups is 1. The van der Waals surface area contributed by atoms with Gasteiger partial charge in [0, 0.05) is 18.0 Å². The first-order valence-corrected chi connectivity index (χ1v) is 7.44. The molecule has 1 N–H and O–H groups in total. The van der Waals surface area contributed by atoms with Gasteiger partial charge in [0.15, 0.2) is 0 Å². The van der Waals surface area contributed by atoms with Gasteiger partial charge in [-0.1, -0.05) is 0 Å². The predicted octanol–water partition coefficient (Wildman–Crippen LogP) is 2.24. The van der Waals surface area contributed by atoms with Crippen LogP contribution in [0.4, 0.5) is 4.39 Å². The summed E-state index contributed by atoms with van der Waals surface area (Å²) in [4.78, 5) is 25.4. The van der Waals surface area contributed by atoms with E-state index in [1.165, 1.54) is 23.9 Å². The van der Waals surface area contributed by atoms with Crippen LogP contribution < -0.4 is 0 Å². The Bertz CT molecular complexity index is 492. The number of amides is 1. The molecule has 1 aliphatic rings. The summed E-state index contributed by atoms with van der Waals surface area (Å²) in [6.45, 7) is 0.907. The molecule has 1 unspecified atom stereocenters. The first kappa shape index (κ1) is 14.8. The molecule has 1 fully saturated rings. The molecule has 1 aromatic carbocycles. The van der Waals surface area contributed by atoms with Gasteiger partial charge in [0.25, 0.3) is 0 Å². The van der Waals surface area contributed by atoms with Crippen LogP contribution in [-0.4, -0.2) is 40.7 Å². The fraction of sp³-hybridized carbons (Fsp3) is 0.429. The lowest BCUT2D eigenvalue weighted by molar-refractivity contribution is -0.145. The lowest BCUT2D eigenvalue weighted by Gasteiger charge is -2.30. The van der Waals surface area contributed by atoms with Gasteiger partial charge in [-0.25, -0.2) is 4.39 Å². The van der Waals surface area contributed by atoms with Crippen LogP contribution >= 0.6 is 11.8 Å². The van der Waals surface area contributed by atoms with Gasteiger partial charge < -0.3 is 10.0 Å². The molecule has 0 radical (unpaired) electrons. The highest BCUT2D eigenvalue weighted by Gasteiger charge is 2.27. The molecular weight excluding hydrogens is 281 g/mol. The number of hydrogen-bond donors (Lipinski definition) is 1. The third-order valence-electron chi connectivity index (χ3n) is 3.30. The average Bonchev–Trinajstić information content (AvgIpc) is 2.46. The number of hydrogen-bond acceptors (Lipinski definition) is 3. The van der Waals surface area contributed by atoms with E-state index in [9.17, 15) is 14.0 Å². The fourth-order valence-electron chi connectivity index (χ4n) is 2.17. The summed E-state index contributed by atoms with van der Waals surface area (Å²) in [7, 11) is 0. The van der Waals surface area contributed by atoms with Gasteiger partial charge in [-0.3, -0.25) is 9.59 Å². The van der Waals surface area contributed by atoms with E-state index in [0.717, 1.165) is 11.3 Å². The molecule has 0 bridgehead atoms. The van der Waals surface area contributed by atoms with Crippen molar-refractivity contribution in [3.63, 3.8) is 0 Å². The zero-order valence-electron chi connectivity index (χ0n) is 10.9. The van der Waals surface area contributed by atoms with E-state index in [0.29, 0.717) is 13.0 Å². The molecule has 0 spiro atoms. The second kappa shape index (κ2) is 6.74. The summed E-state index contributed by atoms with van der Waals surface area (Å²) >= 11 is 1.34. The number of carboxylic acids is 1. The van der Waals surface area contributed by atoms with E-state index in [1.54, 1.807) is 17.0 Å². The lowest BCUT2D eigenvalue weighted by atomic mass is 9.98. The van der Waals surface area contributed by atoms with Crippen molar-refractivity contribution in [2.45, 2.75) is 17.7 Å². The van der Waals surface area contributed by atoms with Gasteiger partial charge in [-0.15, -0.1) is 11.8 Å². The van der Waals surface area contributed by atoms with E-state index < -0.39 is 11.9 Å². The van der Waals surface area contributed by atoms with Gasteiger partial charge in [-0.2, -0.15) is 0 Å². The van der Waals surface area contributed by atoms with E-state index in [1.807, 2.05) is 0 Å². The molecule has 2 rings (SSSR count). The minimum Gasteiger partial charge on any atom is -0.481 e. The maximum Gasteiger partial charge on any atom is 0.308 e. The van der Waals surface area contributed by atoms with Crippen LogP contribution in [-0.2, 0) is 9.59 Å². The van der Waals surface area contributed by atoms with Crippen molar-refractivity contribution in [1.82, 2.24) is 4.90 Å². The Balaban J connectivity index is 1.85. The van der Waals surface area contributed by atoms with Gasteiger partial charge in [0.1, 0.15) is 5.82 Å². The molecule has 1 aliphatic heterocycles. The highest BCUT2D eigenvalue weighted by atomic mass is 32.2. The van der Waals surface area contributed by atoms with Crippen LogP contribution in [0.2, 0.25) is 0 Å². The number of nitrogens with zero attached hydrogens (tertiary/aromatic N) is 1. The molecule has 0 saturated carbocycles. The largest absolute Gasteiger partial charge is 0.481 e. The van der Waals surface area contributed by atoms with Crippen molar-refractivity contribution >= 4 is 23.6 Å². The van der Waals surface area contributed by atoms with Crippen LogP contribution in [0.3, 0.4) is 0 Å². The standard InChI is InChI=1S/C14H16FNO3S/c15-11-3-5-12(6-4-11)20-9-13(17)16-7-1-2-10(8-16)14(18)19/h3-6,10H,1-2,7-9H2,(H,18,19). The van der Waals surface area contributed by atoms with Crippen LogP contribution in [0.1, 0.15) is 12.8 Å².